The molecule has 0 aliphatic carbocycles. The van der Waals surface area contributed by atoms with Crippen LogP contribution in [0.3, 0.4) is 0 Å². The molecule has 1 aromatic rings. The minimum atomic E-state index is -0.601. The van der Waals surface area contributed by atoms with Crippen LogP contribution in [0.25, 0.3) is 0 Å². The molecule has 3 rings (SSSR count). The van der Waals surface area contributed by atoms with Gasteiger partial charge in [-0.25, -0.2) is 4.39 Å². The van der Waals surface area contributed by atoms with E-state index in [1.165, 1.54) is 38.4 Å². The normalized spacial score (nSPS) is 25.5. The standard InChI is InChI=1S/C16H24FN3O/c17-13-3-4-15(18-11-13)16(21)6-10-19-9-5-14(12-19)20-7-1-2-8-20/h3-4,11,14,16,21H,1-2,5-10,12H2. The van der Waals surface area contributed by atoms with Crippen LogP contribution in [0.4, 0.5) is 4.39 Å². The molecule has 2 fully saturated rings. The summed E-state index contributed by atoms with van der Waals surface area (Å²) in [5.74, 6) is -0.362. The minimum absolute atomic E-state index is 0.362. The van der Waals surface area contributed by atoms with Crippen LogP contribution in [0.15, 0.2) is 18.3 Å². The molecular weight excluding hydrogens is 269 g/mol. The lowest BCUT2D eigenvalue weighted by Crippen LogP contribution is -2.35. The number of aromatic nitrogens is 1. The summed E-state index contributed by atoms with van der Waals surface area (Å²) in [5.41, 5.74) is 0.562. The molecule has 0 amide bonds. The van der Waals surface area contributed by atoms with Gasteiger partial charge in [-0.05, 0) is 57.5 Å². The number of nitrogens with zero attached hydrogens (tertiary/aromatic N) is 3. The van der Waals surface area contributed by atoms with E-state index in [1.54, 1.807) is 6.07 Å². The van der Waals surface area contributed by atoms with Crippen LogP contribution in [0, 0.1) is 5.82 Å². The van der Waals surface area contributed by atoms with Crippen molar-refractivity contribution in [1.82, 2.24) is 14.8 Å². The van der Waals surface area contributed by atoms with Crippen molar-refractivity contribution in [2.24, 2.45) is 0 Å². The van der Waals surface area contributed by atoms with E-state index in [4.69, 9.17) is 0 Å². The summed E-state index contributed by atoms with van der Waals surface area (Å²) >= 11 is 0. The number of likely N-dealkylation sites (tertiary alicyclic amines) is 2. The Bertz CT molecular complexity index is 447. The largest absolute Gasteiger partial charge is 0.387 e. The van der Waals surface area contributed by atoms with Crippen molar-refractivity contribution in [1.29, 1.82) is 0 Å². The number of halogens is 1. The summed E-state index contributed by atoms with van der Waals surface area (Å²) < 4.78 is 12.8. The fourth-order valence-corrected chi connectivity index (χ4v) is 3.46. The predicted molar refractivity (Wildman–Crippen MR) is 79.4 cm³/mol. The van der Waals surface area contributed by atoms with Crippen molar-refractivity contribution >= 4 is 0 Å². The maximum Gasteiger partial charge on any atom is 0.141 e. The number of aliphatic hydroxyl groups is 1. The van der Waals surface area contributed by atoms with E-state index < -0.39 is 6.10 Å². The van der Waals surface area contributed by atoms with Gasteiger partial charge in [0.05, 0.1) is 18.0 Å². The maximum atomic E-state index is 12.8. The van der Waals surface area contributed by atoms with Crippen molar-refractivity contribution in [2.45, 2.75) is 37.8 Å². The highest BCUT2D eigenvalue weighted by molar-refractivity contribution is 5.08. The van der Waals surface area contributed by atoms with Gasteiger partial charge < -0.3 is 10.0 Å². The van der Waals surface area contributed by atoms with E-state index in [1.807, 2.05) is 0 Å². The highest BCUT2D eigenvalue weighted by Crippen LogP contribution is 2.22. The molecule has 2 aliphatic heterocycles. The van der Waals surface area contributed by atoms with Crippen molar-refractivity contribution in [3.63, 3.8) is 0 Å². The van der Waals surface area contributed by atoms with Gasteiger partial charge in [0.1, 0.15) is 5.82 Å². The third-order valence-electron chi connectivity index (χ3n) is 4.71. The van der Waals surface area contributed by atoms with E-state index in [9.17, 15) is 9.50 Å². The summed E-state index contributed by atoms with van der Waals surface area (Å²) in [4.78, 5) is 8.99. The minimum Gasteiger partial charge on any atom is -0.387 e. The van der Waals surface area contributed by atoms with Crippen LogP contribution >= 0.6 is 0 Å². The van der Waals surface area contributed by atoms with Crippen LogP contribution < -0.4 is 0 Å². The summed E-state index contributed by atoms with van der Waals surface area (Å²) in [5, 5.41) is 10.1. The summed E-state index contributed by atoms with van der Waals surface area (Å²) in [6.45, 7) is 5.61. The molecule has 0 aromatic carbocycles. The fourth-order valence-electron chi connectivity index (χ4n) is 3.46. The Kier molecular flexibility index (Phi) is 4.83. The molecule has 2 aliphatic rings. The van der Waals surface area contributed by atoms with Crippen molar-refractivity contribution in [2.75, 3.05) is 32.7 Å². The molecule has 2 atom stereocenters. The predicted octanol–water partition coefficient (Wildman–Crippen LogP) is 1.81. The van der Waals surface area contributed by atoms with Gasteiger partial charge in [-0.15, -0.1) is 0 Å². The van der Waals surface area contributed by atoms with Crippen LogP contribution in [-0.4, -0.2) is 58.7 Å². The van der Waals surface area contributed by atoms with Crippen LogP contribution in [0.1, 0.15) is 37.5 Å². The van der Waals surface area contributed by atoms with Gasteiger partial charge in [0.2, 0.25) is 0 Å². The third-order valence-corrected chi connectivity index (χ3v) is 4.71. The lowest BCUT2D eigenvalue weighted by Gasteiger charge is -2.24. The van der Waals surface area contributed by atoms with Crippen molar-refractivity contribution in [3.05, 3.63) is 29.8 Å². The van der Waals surface area contributed by atoms with Gasteiger partial charge in [0.15, 0.2) is 0 Å². The first kappa shape index (κ1) is 14.9. The molecule has 2 saturated heterocycles. The van der Waals surface area contributed by atoms with Gasteiger partial charge >= 0.3 is 0 Å². The fraction of sp³-hybridized carbons (Fsp3) is 0.688. The molecular formula is C16H24FN3O. The molecule has 3 heterocycles. The summed E-state index contributed by atoms with van der Waals surface area (Å²) in [7, 11) is 0. The van der Waals surface area contributed by atoms with Crippen LogP contribution in [-0.2, 0) is 0 Å². The van der Waals surface area contributed by atoms with E-state index in [0.717, 1.165) is 25.8 Å². The maximum absolute atomic E-state index is 12.8. The Morgan fingerprint density at radius 2 is 2.10 bits per heavy atom. The molecule has 1 aromatic heterocycles. The lowest BCUT2D eigenvalue weighted by molar-refractivity contribution is 0.141. The molecule has 2 unspecified atom stereocenters. The number of hydrogen-bond donors (Lipinski definition) is 1. The van der Waals surface area contributed by atoms with E-state index >= 15 is 0 Å². The smallest absolute Gasteiger partial charge is 0.141 e. The third kappa shape index (κ3) is 3.78. The van der Waals surface area contributed by atoms with E-state index in [-0.39, 0.29) is 5.82 Å². The molecule has 4 nitrogen and oxygen atoms in total. The van der Waals surface area contributed by atoms with Crippen LogP contribution in [0.2, 0.25) is 0 Å². The molecule has 0 saturated carbocycles. The zero-order valence-corrected chi connectivity index (χ0v) is 12.4. The Labute approximate surface area is 125 Å². The zero-order valence-electron chi connectivity index (χ0n) is 12.4. The van der Waals surface area contributed by atoms with E-state index in [2.05, 4.69) is 14.8 Å². The van der Waals surface area contributed by atoms with Crippen molar-refractivity contribution in [3.8, 4) is 0 Å². The molecule has 0 spiro atoms. The Balaban J connectivity index is 1.44. The van der Waals surface area contributed by atoms with Crippen molar-refractivity contribution < 1.29 is 9.50 Å². The Hall–Kier alpha value is -1.04. The second-order valence-electron chi connectivity index (χ2n) is 6.19. The lowest BCUT2D eigenvalue weighted by atomic mass is 10.1. The van der Waals surface area contributed by atoms with Gasteiger partial charge in [-0.3, -0.25) is 9.88 Å². The molecule has 0 bridgehead atoms. The van der Waals surface area contributed by atoms with Gasteiger partial charge in [-0.1, -0.05) is 0 Å². The first-order chi connectivity index (χ1) is 10.2. The average Bonchev–Trinajstić information content (AvgIpc) is 3.16. The molecule has 0 radical (unpaired) electrons. The quantitative estimate of drug-likeness (QED) is 0.899. The summed E-state index contributed by atoms with van der Waals surface area (Å²) in [6.07, 6.45) is 5.14. The Morgan fingerprint density at radius 3 is 2.81 bits per heavy atom. The molecule has 116 valence electrons. The highest BCUT2D eigenvalue weighted by atomic mass is 19.1. The first-order valence-corrected chi connectivity index (χ1v) is 7.98. The van der Waals surface area contributed by atoms with Gasteiger partial charge in [-0.2, -0.15) is 0 Å². The second kappa shape index (κ2) is 6.81. The topological polar surface area (TPSA) is 39.6 Å². The molecule has 21 heavy (non-hydrogen) atoms. The van der Waals surface area contributed by atoms with E-state index in [0.29, 0.717) is 18.2 Å². The van der Waals surface area contributed by atoms with Gasteiger partial charge in [0.25, 0.3) is 0 Å². The SMILES string of the molecule is OC(CCN1CCC(N2CCCC2)C1)c1ccc(F)cn1. The average molecular weight is 293 g/mol. The zero-order chi connectivity index (χ0) is 14.7. The highest BCUT2D eigenvalue weighted by Gasteiger charge is 2.29. The second-order valence-corrected chi connectivity index (χ2v) is 6.19. The molecule has 5 heteroatoms. The van der Waals surface area contributed by atoms with Crippen LogP contribution in [0.5, 0.6) is 0 Å². The number of rotatable bonds is 5. The number of aliphatic hydroxyl groups excluding tert-OH is 1. The Morgan fingerprint density at radius 1 is 1.29 bits per heavy atom. The number of pyridine rings is 1. The molecule has 1 N–H and O–H groups in total. The number of hydrogen-bond acceptors (Lipinski definition) is 4. The van der Waals surface area contributed by atoms with Gasteiger partial charge in [0, 0.05) is 19.1 Å². The first-order valence-electron chi connectivity index (χ1n) is 7.98. The summed E-state index contributed by atoms with van der Waals surface area (Å²) in [6, 6.07) is 3.62. The monoisotopic (exact) mass is 293 g/mol.